The molecule has 2 saturated heterocycles. The maximum atomic E-state index is 12.2. The highest BCUT2D eigenvalue weighted by atomic mass is 35.5. The van der Waals surface area contributed by atoms with Gasteiger partial charge in [0.1, 0.15) is 0 Å². The van der Waals surface area contributed by atoms with Crippen LogP contribution in [0.2, 0.25) is 5.02 Å². The van der Waals surface area contributed by atoms with Crippen LogP contribution in [0, 0.1) is 0 Å². The van der Waals surface area contributed by atoms with Crippen LogP contribution >= 0.6 is 11.6 Å². The third-order valence-corrected chi connectivity index (χ3v) is 6.76. The lowest BCUT2D eigenvalue weighted by Crippen LogP contribution is -2.45. The van der Waals surface area contributed by atoms with Gasteiger partial charge in [0.2, 0.25) is 5.91 Å². The second kappa shape index (κ2) is 7.48. The normalized spacial score (nSPS) is 24.0. The smallest absolute Gasteiger partial charge is 0.246 e. The van der Waals surface area contributed by atoms with Gasteiger partial charge in [0.05, 0.1) is 17.5 Å². The second-order valence-electron chi connectivity index (χ2n) is 6.57. The van der Waals surface area contributed by atoms with Crippen molar-refractivity contribution in [3.63, 3.8) is 0 Å². The first kappa shape index (κ1) is 18.4. The molecule has 7 heteroatoms. The van der Waals surface area contributed by atoms with Gasteiger partial charge >= 0.3 is 0 Å². The Kier molecular flexibility index (Phi) is 5.51. The van der Waals surface area contributed by atoms with Crippen LogP contribution in [-0.2, 0) is 19.4 Å². The van der Waals surface area contributed by atoms with Crippen LogP contribution in [0.25, 0.3) is 0 Å². The molecule has 0 bridgehead atoms. The fourth-order valence-electron chi connectivity index (χ4n) is 3.56. The first-order valence-electron chi connectivity index (χ1n) is 8.41. The van der Waals surface area contributed by atoms with E-state index in [1.54, 1.807) is 11.0 Å². The molecule has 0 aliphatic carbocycles. The average Bonchev–Trinajstić information content (AvgIpc) is 2.60. The summed E-state index contributed by atoms with van der Waals surface area (Å²) in [6.07, 6.45) is 3.06. The SMILES string of the molecule is C=CC(=O)N1CCS(=O)(=O)CC1c1cc(Cl)cc(C2CCOCC2)c1. The molecular formula is C18H22ClNO4S. The van der Waals surface area contributed by atoms with E-state index >= 15 is 0 Å². The minimum absolute atomic E-state index is 0.0174. The Morgan fingerprint density at radius 1 is 1.24 bits per heavy atom. The van der Waals surface area contributed by atoms with Gasteiger partial charge in [0.15, 0.2) is 9.84 Å². The molecule has 1 aromatic carbocycles. The predicted molar refractivity (Wildman–Crippen MR) is 97.6 cm³/mol. The lowest BCUT2D eigenvalue weighted by Gasteiger charge is -2.35. The Morgan fingerprint density at radius 3 is 2.60 bits per heavy atom. The maximum absolute atomic E-state index is 12.2. The van der Waals surface area contributed by atoms with E-state index in [9.17, 15) is 13.2 Å². The van der Waals surface area contributed by atoms with Crippen molar-refractivity contribution in [1.82, 2.24) is 4.90 Å². The molecule has 1 amide bonds. The summed E-state index contributed by atoms with van der Waals surface area (Å²) in [6, 6.07) is 5.16. The van der Waals surface area contributed by atoms with E-state index in [1.807, 2.05) is 12.1 Å². The molecule has 0 aromatic heterocycles. The molecule has 5 nitrogen and oxygen atoms in total. The first-order valence-corrected chi connectivity index (χ1v) is 10.6. The Bertz CT molecular complexity index is 771. The van der Waals surface area contributed by atoms with Crippen molar-refractivity contribution in [3.05, 3.63) is 47.0 Å². The summed E-state index contributed by atoms with van der Waals surface area (Å²) in [5, 5.41) is 0.563. The third-order valence-electron chi connectivity index (χ3n) is 4.91. The number of nitrogens with zero attached hydrogens (tertiary/aromatic N) is 1. The van der Waals surface area contributed by atoms with E-state index in [0.29, 0.717) is 24.2 Å². The molecule has 0 radical (unpaired) electrons. The van der Waals surface area contributed by atoms with E-state index in [0.717, 1.165) is 24.0 Å². The Labute approximate surface area is 153 Å². The maximum Gasteiger partial charge on any atom is 0.246 e. The highest BCUT2D eigenvalue weighted by molar-refractivity contribution is 7.91. The molecule has 2 heterocycles. The van der Waals surface area contributed by atoms with Gasteiger partial charge in [0.25, 0.3) is 0 Å². The molecule has 3 rings (SSSR count). The molecule has 2 fully saturated rings. The molecule has 0 saturated carbocycles. The number of amides is 1. The molecule has 0 spiro atoms. The minimum Gasteiger partial charge on any atom is -0.381 e. The molecule has 0 N–H and O–H groups in total. The number of sulfone groups is 1. The number of ether oxygens (including phenoxy) is 1. The van der Waals surface area contributed by atoms with Crippen LogP contribution in [0.5, 0.6) is 0 Å². The summed E-state index contributed by atoms with van der Waals surface area (Å²) in [5.41, 5.74) is 1.85. The van der Waals surface area contributed by atoms with Crippen molar-refractivity contribution >= 4 is 27.3 Å². The molecule has 25 heavy (non-hydrogen) atoms. The minimum atomic E-state index is -3.20. The van der Waals surface area contributed by atoms with Gasteiger partial charge < -0.3 is 9.64 Å². The fraction of sp³-hybridized carbons (Fsp3) is 0.500. The van der Waals surface area contributed by atoms with Gasteiger partial charge in [0, 0.05) is 24.8 Å². The second-order valence-corrected chi connectivity index (χ2v) is 9.24. The third kappa shape index (κ3) is 4.25. The number of benzene rings is 1. The number of halogens is 1. The van der Waals surface area contributed by atoms with Crippen molar-refractivity contribution in [2.24, 2.45) is 0 Å². The highest BCUT2D eigenvalue weighted by Crippen LogP contribution is 2.34. The van der Waals surface area contributed by atoms with Crippen molar-refractivity contribution in [1.29, 1.82) is 0 Å². The molecule has 1 atom stereocenters. The van der Waals surface area contributed by atoms with Crippen molar-refractivity contribution < 1.29 is 17.9 Å². The standard InChI is InChI=1S/C18H22ClNO4S/c1-2-18(21)20-5-8-25(22,23)12-17(20)15-9-14(10-16(19)11-15)13-3-6-24-7-4-13/h2,9-11,13,17H,1,3-8,12H2. The van der Waals surface area contributed by atoms with Gasteiger partial charge in [-0.15, -0.1) is 0 Å². The van der Waals surface area contributed by atoms with E-state index < -0.39 is 15.9 Å². The van der Waals surface area contributed by atoms with Gasteiger partial charge in [-0.25, -0.2) is 8.42 Å². The largest absolute Gasteiger partial charge is 0.381 e. The van der Waals surface area contributed by atoms with E-state index in [2.05, 4.69) is 6.58 Å². The summed E-state index contributed by atoms with van der Waals surface area (Å²) in [6.45, 7) is 5.13. The van der Waals surface area contributed by atoms with Gasteiger partial charge in [-0.2, -0.15) is 0 Å². The zero-order valence-corrected chi connectivity index (χ0v) is 15.6. The van der Waals surface area contributed by atoms with Crippen LogP contribution in [0.1, 0.15) is 35.9 Å². The Balaban J connectivity index is 1.97. The molecule has 2 aliphatic heterocycles. The van der Waals surface area contributed by atoms with Crippen LogP contribution in [0.4, 0.5) is 0 Å². The summed E-state index contributed by atoms with van der Waals surface area (Å²) in [4.78, 5) is 13.8. The molecule has 1 aromatic rings. The predicted octanol–water partition coefficient (Wildman–Crippen LogP) is 2.72. The molecule has 136 valence electrons. The summed E-state index contributed by atoms with van der Waals surface area (Å²) in [7, 11) is -3.20. The lowest BCUT2D eigenvalue weighted by molar-refractivity contribution is -0.127. The Hall–Kier alpha value is -1.37. The van der Waals surface area contributed by atoms with Gasteiger partial charge in [-0.05, 0) is 48.1 Å². The number of hydrogen-bond donors (Lipinski definition) is 0. The Morgan fingerprint density at radius 2 is 1.92 bits per heavy atom. The van der Waals surface area contributed by atoms with Crippen LogP contribution in [-0.4, -0.2) is 50.5 Å². The monoisotopic (exact) mass is 383 g/mol. The fourth-order valence-corrected chi connectivity index (χ4v) is 5.31. The molecule has 2 aliphatic rings. The van der Waals surface area contributed by atoms with E-state index in [1.165, 1.54) is 6.08 Å². The zero-order valence-electron chi connectivity index (χ0n) is 14.0. The summed E-state index contributed by atoms with van der Waals surface area (Å²) >= 11 is 6.32. The molecule has 1 unspecified atom stereocenters. The van der Waals surface area contributed by atoms with Crippen molar-refractivity contribution in [2.45, 2.75) is 24.8 Å². The lowest BCUT2D eigenvalue weighted by atomic mass is 9.89. The van der Waals surface area contributed by atoms with Crippen LogP contribution < -0.4 is 0 Å². The van der Waals surface area contributed by atoms with Crippen molar-refractivity contribution in [2.75, 3.05) is 31.3 Å². The number of rotatable bonds is 3. The van der Waals surface area contributed by atoms with Crippen molar-refractivity contribution in [3.8, 4) is 0 Å². The first-order chi connectivity index (χ1) is 11.9. The van der Waals surface area contributed by atoms with E-state index in [4.69, 9.17) is 16.3 Å². The summed E-state index contributed by atoms with van der Waals surface area (Å²) < 4.78 is 29.7. The number of hydrogen-bond acceptors (Lipinski definition) is 4. The van der Waals surface area contributed by atoms with Crippen LogP contribution in [0.15, 0.2) is 30.9 Å². The topological polar surface area (TPSA) is 63.7 Å². The number of carbonyl (C=O) groups excluding carboxylic acids is 1. The average molecular weight is 384 g/mol. The van der Waals surface area contributed by atoms with Gasteiger partial charge in [-0.1, -0.05) is 24.2 Å². The van der Waals surface area contributed by atoms with Gasteiger partial charge in [-0.3, -0.25) is 4.79 Å². The summed E-state index contributed by atoms with van der Waals surface area (Å²) in [5.74, 6) is -0.0150. The highest BCUT2D eigenvalue weighted by Gasteiger charge is 2.34. The zero-order chi connectivity index (χ0) is 18.0. The van der Waals surface area contributed by atoms with E-state index in [-0.39, 0.29) is 24.0 Å². The quantitative estimate of drug-likeness (QED) is 0.753. The van der Waals surface area contributed by atoms with Crippen LogP contribution in [0.3, 0.4) is 0 Å². The molecular weight excluding hydrogens is 362 g/mol. The number of carbonyl (C=O) groups is 1.